The first-order chi connectivity index (χ1) is 14.0. The number of amides is 1. The Labute approximate surface area is 175 Å². The molecule has 0 saturated carbocycles. The van der Waals surface area contributed by atoms with E-state index < -0.39 is 0 Å². The molecule has 6 nitrogen and oxygen atoms in total. The lowest BCUT2D eigenvalue weighted by Crippen LogP contribution is -2.31. The number of nitrogens with zero attached hydrogens (tertiary/aromatic N) is 1. The van der Waals surface area contributed by atoms with E-state index in [1.807, 2.05) is 35.7 Å². The number of nitrogens with one attached hydrogen (secondary N) is 2. The molecule has 0 aliphatic carbocycles. The molecule has 2 aromatic rings. The van der Waals surface area contributed by atoms with Gasteiger partial charge in [0.05, 0.1) is 4.88 Å². The van der Waals surface area contributed by atoms with Gasteiger partial charge in [-0.3, -0.25) is 19.4 Å². The summed E-state index contributed by atoms with van der Waals surface area (Å²) >= 11 is 1.43. The standard InChI is InChI=1S/C22H27N3O3S/c1-16(26)17-8-3-4-9-18(17)22(23-2)25-14-7-13-24-21(28)12-5-10-19(27)20-11-6-15-29-20/h3-4,6,8-9,11,15H,5,7,10,12-14H2,1-2H3,(H,23,25)(H,24,28). The van der Waals surface area contributed by atoms with Crippen molar-refractivity contribution in [2.24, 2.45) is 4.99 Å². The first-order valence-electron chi connectivity index (χ1n) is 9.67. The van der Waals surface area contributed by atoms with Crippen molar-refractivity contribution in [3.05, 3.63) is 57.8 Å². The number of thiophene rings is 1. The second-order valence-corrected chi connectivity index (χ2v) is 7.51. The smallest absolute Gasteiger partial charge is 0.220 e. The van der Waals surface area contributed by atoms with Gasteiger partial charge in [-0.2, -0.15) is 0 Å². The fraction of sp³-hybridized carbons (Fsp3) is 0.364. The van der Waals surface area contributed by atoms with Gasteiger partial charge in [0.25, 0.3) is 0 Å². The molecule has 1 aromatic carbocycles. The molecule has 0 bridgehead atoms. The molecular weight excluding hydrogens is 386 g/mol. The zero-order chi connectivity index (χ0) is 21.1. The molecule has 1 amide bonds. The zero-order valence-electron chi connectivity index (χ0n) is 16.9. The van der Waals surface area contributed by atoms with Gasteiger partial charge in [-0.1, -0.05) is 30.3 Å². The first kappa shape index (κ1) is 22.5. The van der Waals surface area contributed by atoms with Gasteiger partial charge in [0, 0.05) is 44.1 Å². The number of Topliss-reactive ketones (excluding diaryl/α,β-unsaturated/α-hetero) is 2. The fourth-order valence-electron chi connectivity index (χ4n) is 2.87. The highest BCUT2D eigenvalue weighted by Gasteiger charge is 2.11. The lowest BCUT2D eigenvalue weighted by Gasteiger charge is -2.12. The molecule has 154 valence electrons. The van der Waals surface area contributed by atoms with Crippen LogP contribution in [0, 0.1) is 0 Å². The average Bonchev–Trinajstić information content (AvgIpc) is 3.25. The summed E-state index contributed by atoms with van der Waals surface area (Å²) in [5, 5.41) is 7.98. The van der Waals surface area contributed by atoms with Gasteiger partial charge >= 0.3 is 0 Å². The van der Waals surface area contributed by atoms with E-state index in [2.05, 4.69) is 15.6 Å². The Morgan fingerprint density at radius 3 is 2.31 bits per heavy atom. The number of ketones is 2. The van der Waals surface area contributed by atoms with Crippen molar-refractivity contribution in [3.8, 4) is 0 Å². The number of carbonyl (C=O) groups is 3. The minimum Gasteiger partial charge on any atom is -0.370 e. The summed E-state index contributed by atoms with van der Waals surface area (Å²) in [6, 6.07) is 11.0. The molecule has 0 aliphatic rings. The topological polar surface area (TPSA) is 87.6 Å². The van der Waals surface area contributed by atoms with Gasteiger partial charge in [-0.15, -0.1) is 11.3 Å². The van der Waals surface area contributed by atoms with Gasteiger partial charge in [-0.25, -0.2) is 0 Å². The number of rotatable bonds is 11. The molecule has 29 heavy (non-hydrogen) atoms. The van der Waals surface area contributed by atoms with Gasteiger partial charge in [0.2, 0.25) is 5.91 Å². The van der Waals surface area contributed by atoms with E-state index in [1.54, 1.807) is 13.1 Å². The Balaban J connectivity index is 1.65. The molecule has 1 heterocycles. The van der Waals surface area contributed by atoms with Crippen molar-refractivity contribution in [1.29, 1.82) is 0 Å². The predicted octanol–water partition coefficient (Wildman–Crippen LogP) is 3.48. The Bertz CT molecular complexity index is 860. The van der Waals surface area contributed by atoms with Crippen LogP contribution in [0.3, 0.4) is 0 Å². The number of benzene rings is 1. The third-order valence-electron chi connectivity index (χ3n) is 4.36. The summed E-state index contributed by atoms with van der Waals surface area (Å²) in [5.74, 6) is 0.701. The van der Waals surface area contributed by atoms with Crippen molar-refractivity contribution in [2.45, 2.75) is 32.6 Å². The van der Waals surface area contributed by atoms with Crippen LogP contribution >= 0.6 is 11.3 Å². The van der Waals surface area contributed by atoms with Crippen molar-refractivity contribution in [2.75, 3.05) is 20.1 Å². The normalized spacial score (nSPS) is 11.2. The first-order valence-corrected chi connectivity index (χ1v) is 10.5. The van der Waals surface area contributed by atoms with Gasteiger partial charge in [0.15, 0.2) is 11.6 Å². The van der Waals surface area contributed by atoms with Crippen molar-refractivity contribution >= 4 is 34.6 Å². The summed E-state index contributed by atoms with van der Waals surface area (Å²) < 4.78 is 0. The SMILES string of the molecule is CN=C(NCCCNC(=O)CCCC(=O)c1cccs1)c1ccccc1C(C)=O. The van der Waals surface area contributed by atoms with Gasteiger partial charge in [-0.05, 0) is 31.2 Å². The summed E-state index contributed by atoms with van der Waals surface area (Å²) in [4.78, 5) is 40.6. The van der Waals surface area contributed by atoms with Crippen LogP contribution in [0.15, 0.2) is 46.8 Å². The van der Waals surface area contributed by atoms with Crippen LogP contribution in [-0.4, -0.2) is 43.4 Å². The second kappa shape index (κ2) is 11.9. The minimum absolute atomic E-state index is 0.00614. The highest BCUT2D eigenvalue weighted by Crippen LogP contribution is 2.13. The van der Waals surface area contributed by atoms with Crippen LogP contribution < -0.4 is 10.6 Å². The number of aliphatic imine (C=N–C) groups is 1. The highest BCUT2D eigenvalue weighted by atomic mass is 32.1. The molecule has 0 unspecified atom stereocenters. The maximum absolute atomic E-state index is 11.9. The highest BCUT2D eigenvalue weighted by molar-refractivity contribution is 7.12. The van der Waals surface area contributed by atoms with Crippen molar-refractivity contribution in [1.82, 2.24) is 10.6 Å². The molecule has 0 aliphatic heterocycles. The van der Waals surface area contributed by atoms with E-state index in [0.717, 1.165) is 16.9 Å². The molecule has 2 N–H and O–H groups in total. The van der Waals surface area contributed by atoms with Crippen LogP contribution in [-0.2, 0) is 4.79 Å². The molecule has 1 aromatic heterocycles. The third-order valence-corrected chi connectivity index (χ3v) is 5.27. The lowest BCUT2D eigenvalue weighted by molar-refractivity contribution is -0.121. The average molecular weight is 414 g/mol. The zero-order valence-corrected chi connectivity index (χ0v) is 17.7. The number of amidine groups is 1. The summed E-state index contributed by atoms with van der Waals surface area (Å²) in [6.45, 7) is 2.70. The Morgan fingerprint density at radius 2 is 1.66 bits per heavy atom. The molecule has 0 spiro atoms. The molecular formula is C22H27N3O3S. The van der Waals surface area contributed by atoms with Crippen molar-refractivity contribution < 1.29 is 14.4 Å². The van der Waals surface area contributed by atoms with E-state index in [0.29, 0.717) is 43.8 Å². The monoisotopic (exact) mass is 413 g/mol. The molecule has 0 atom stereocenters. The van der Waals surface area contributed by atoms with Gasteiger partial charge < -0.3 is 10.6 Å². The number of hydrogen-bond donors (Lipinski definition) is 2. The lowest BCUT2D eigenvalue weighted by atomic mass is 10.0. The summed E-state index contributed by atoms with van der Waals surface area (Å²) in [5.41, 5.74) is 1.41. The van der Waals surface area contributed by atoms with Crippen LogP contribution in [0.5, 0.6) is 0 Å². The van der Waals surface area contributed by atoms with E-state index in [1.165, 1.54) is 18.3 Å². The second-order valence-electron chi connectivity index (χ2n) is 6.56. The van der Waals surface area contributed by atoms with E-state index in [-0.39, 0.29) is 17.5 Å². The number of hydrogen-bond acceptors (Lipinski definition) is 5. The van der Waals surface area contributed by atoms with E-state index >= 15 is 0 Å². The maximum Gasteiger partial charge on any atom is 0.220 e. The maximum atomic E-state index is 11.9. The Hall–Kier alpha value is -2.80. The molecule has 7 heteroatoms. The third kappa shape index (κ3) is 7.27. The molecule has 0 radical (unpaired) electrons. The van der Waals surface area contributed by atoms with Crippen molar-refractivity contribution in [3.63, 3.8) is 0 Å². The van der Waals surface area contributed by atoms with Gasteiger partial charge in [0.1, 0.15) is 5.84 Å². The van der Waals surface area contributed by atoms with E-state index in [9.17, 15) is 14.4 Å². The van der Waals surface area contributed by atoms with Crippen LogP contribution in [0.25, 0.3) is 0 Å². The summed E-state index contributed by atoms with van der Waals surface area (Å²) in [6.07, 6.45) is 2.01. The Kier molecular flexibility index (Phi) is 9.24. The summed E-state index contributed by atoms with van der Waals surface area (Å²) in [7, 11) is 1.68. The number of carbonyl (C=O) groups excluding carboxylic acids is 3. The quantitative estimate of drug-likeness (QED) is 0.256. The van der Waals surface area contributed by atoms with Crippen LogP contribution in [0.4, 0.5) is 0 Å². The largest absolute Gasteiger partial charge is 0.370 e. The van der Waals surface area contributed by atoms with Crippen LogP contribution in [0.2, 0.25) is 0 Å². The fourth-order valence-corrected chi connectivity index (χ4v) is 3.57. The minimum atomic E-state index is -0.0460. The molecule has 2 rings (SSSR count). The molecule has 0 fully saturated rings. The van der Waals surface area contributed by atoms with Crippen LogP contribution in [0.1, 0.15) is 58.2 Å². The molecule has 0 saturated heterocycles. The van der Waals surface area contributed by atoms with E-state index in [4.69, 9.17) is 0 Å². The predicted molar refractivity (Wildman–Crippen MR) is 117 cm³/mol. The Morgan fingerprint density at radius 1 is 0.931 bits per heavy atom.